The van der Waals surface area contributed by atoms with Gasteiger partial charge in [0.25, 0.3) is 5.91 Å². The Morgan fingerprint density at radius 3 is 2.65 bits per heavy atom. The predicted molar refractivity (Wildman–Crippen MR) is 87.9 cm³/mol. The molecular formula is C16H24N2O4S. The zero-order valence-corrected chi connectivity index (χ0v) is 14.4. The summed E-state index contributed by atoms with van der Waals surface area (Å²) in [4.78, 5) is 12.2. The lowest BCUT2D eigenvalue weighted by atomic mass is 10.2. The second-order valence-corrected chi connectivity index (χ2v) is 7.56. The summed E-state index contributed by atoms with van der Waals surface area (Å²) in [5.74, 6) is -0.179. The Balaban J connectivity index is 2.10. The molecule has 0 aliphatic carbocycles. The number of nitrogens with one attached hydrogen (secondary N) is 1. The number of hydrogen-bond donors (Lipinski definition) is 1. The van der Waals surface area contributed by atoms with Crippen molar-refractivity contribution in [1.29, 1.82) is 0 Å². The van der Waals surface area contributed by atoms with Gasteiger partial charge in [0.1, 0.15) is 0 Å². The lowest BCUT2D eigenvalue weighted by Gasteiger charge is -2.32. The van der Waals surface area contributed by atoms with Gasteiger partial charge in [0.2, 0.25) is 10.0 Å². The Morgan fingerprint density at radius 2 is 2.04 bits per heavy atom. The van der Waals surface area contributed by atoms with E-state index in [2.05, 4.69) is 12.2 Å². The number of sulfonamides is 1. The molecule has 1 amide bonds. The third kappa shape index (κ3) is 4.31. The number of ether oxygens (including phenoxy) is 1. The number of carbonyl (C=O) groups excluding carboxylic acids is 1. The van der Waals surface area contributed by atoms with E-state index < -0.39 is 10.0 Å². The first-order chi connectivity index (χ1) is 11.0. The molecule has 0 radical (unpaired) electrons. The summed E-state index contributed by atoms with van der Waals surface area (Å²) >= 11 is 0. The number of nitrogens with zero attached hydrogens (tertiary/aromatic N) is 1. The average Bonchev–Trinajstić information content (AvgIpc) is 2.55. The van der Waals surface area contributed by atoms with Gasteiger partial charge >= 0.3 is 0 Å². The average molecular weight is 340 g/mol. The van der Waals surface area contributed by atoms with Crippen LogP contribution in [-0.4, -0.2) is 51.0 Å². The fourth-order valence-electron chi connectivity index (χ4n) is 2.46. The minimum atomic E-state index is -3.55. The molecule has 1 fully saturated rings. The van der Waals surface area contributed by atoms with Crippen molar-refractivity contribution < 1.29 is 17.9 Å². The second kappa shape index (κ2) is 7.90. The first-order valence-corrected chi connectivity index (χ1v) is 9.38. The topological polar surface area (TPSA) is 75.7 Å². The third-order valence-electron chi connectivity index (χ3n) is 3.85. The van der Waals surface area contributed by atoms with Gasteiger partial charge in [-0.2, -0.15) is 4.31 Å². The van der Waals surface area contributed by atoms with Crippen LogP contribution in [0.5, 0.6) is 0 Å². The van der Waals surface area contributed by atoms with Crippen LogP contribution < -0.4 is 5.32 Å². The van der Waals surface area contributed by atoms with Crippen molar-refractivity contribution in [2.45, 2.75) is 37.6 Å². The first-order valence-electron chi connectivity index (χ1n) is 7.94. The molecule has 1 atom stereocenters. The van der Waals surface area contributed by atoms with Crippen LogP contribution in [-0.2, 0) is 14.8 Å². The lowest BCUT2D eigenvalue weighted by Crippen LogP contribution is -2.46. The van der Waals surface area contributed by atoms with Crippen molar-refractivity contribution >= 4 is 15.9 Å². The Kier molecular flexibility index (Phi) is 6.15. The van der Waals surface area contributed by atoms with Gasteiger partial charge in [-0.3, -0.25) is 4.79 Å². The third-order valence-corrected chi connectivity index (χ3v) is 5.87. The van der Waals surface area contributed by atoms with Gasteiger partial charge in [0, 0.05) is 24.7 Å². The van der Waals surface area contributed by atoms with Crippen LogP contribution in [0.15, 0.2) is 29.2 Å². The summed E-state index contributed by atoms with van der Waals surface area (Å²) < 4.78 is 32.1. The summed E-state index contributed by atoms with van der Waals surface area (Å²) in [6.45, 7) is 5.66. The summed E-state index contributed by atoms with van der Waals surface area (Å²) in [6.07, 6.45) is 1.93. The van der Waals surface area contributed by atoms with E-state index >= 15 is 0 Å². The van der Waals surface area contributed by atoms with Gasteiger partial charge in [-0.25, -0.2) is 8.42 Å². The van der Waals surface area contributed by atoms with Gasteiger partial charge in [-0.05, 0) is 37.6 Å². The molecule has 1 N–H and O–H groups in total. The van der Waals surface area contributed by atoms with Crippen molar-refractivity contribution in [2.75, 3.05) is 26.3 Å². The second-order valence-electron chi connectivity index (χ2n) is 5.67. The van der Waals surface area contributed by atoms with Crippen LogP contribution in [0.3, 0.4) is 0 Å². The molecule has 0 aromatic heterocycles. The number of unbranched alkanes of at least 4 members (excludes halogenated alkanes) is 1. The van der Waals surface area contributed by atoms with E-state index in [4.69, 9.17) is 4.74 Å². The standard InChI is InChI=1S/C16H24N2O4S/c1-3-4-9-17-16(19)14-5-7-15(8-6-14)23(20,21)18-10-11-22-12-13(18)2/h5-8,13H,3-4,9-12H2,1-2H3,(H,17,19). The van der Waals surface area contributed by atoms with Crippen molar-refractivity contribution in [3.05, 3.63) is 29.8 Å². The molecule has 2 rings (SSSR count). The Labute approximate surface area is 137 Å². The van der Waals surface area contributed by atoms with Gasteiger partial charge in [0.15, 0.2) is 0 Å². The summed E-state index contributed by atoms with van der Waals surface area (Å²) in [5.41, 5.74) is 0.468. The molecular weight excluding hydrogens is 316 g/mol. The number of morpholine rings is 1. The molecule has 1 heterocycles. The highest BCUT2D eigenvalue weighted by Crippen LogP contribution is 2.20. The maximum absolute atomic E-state index is 12.7. The van der Waals surface area contributed by atoms with Crippen LogP contribution >= 0.6 is 0 Å². The van der Waals surface area contributed by atoms with E-state index in [0.29, 0.717) is 31.9 Å². The summed E-state index contributed by atoms with van der Waals surface area (Å²) in [6, 6.07) is 5.91. The van der Waals surface area contributed by atoms with Crippen LogP contribution in [0.4, 0.5) is 0 Å². The van der Waals surface area contributed by atoms with Crippen LogP contribution in [0.2, 0.25) is 0 Å². The quantitative estimate of drug-likeness (QED) is 0.799. The molecule has 23 heavy (non-hydrogen) atoms. The van der Waals surface area contributed by atoms with Crippen LogP contribution in [0.1, 0.15) is 37.0 Å². The number of benzene rings is 1. The summed E-state index contributed by atoms with van der Waals surface area (Å²) in [5, 5.41) is 2.81. The van der Waals surface area contributed by atoms with Crippen LogP contribution in [0.25, 0.3) is 0 Å². The normalized spacial score (nSPS) is 19.5. The van der Waals surface area contributed by atoms with Crippen molar-refractivity contribution in [2.24, 2.45) is 0 Å². The molecule has 1 aromatic rings. The maximum atomic E-state index is 12.7. The van der Waals surface area contributed by atoms with Crippen molar-refractivity contribution in [3.63, 3.8) is 0 Å². The maximum Gasteiger partial charge on any atom is 0.251 e. The highest BCUT2D eigenvalue weighted by Gasteiger charge is 2.31. The van der Waals surface area contributed by atoms with E-state index in [0.717, 1.165) is 12.8 Å². The highest BCUT2D eigenvalue weighted by atomic mass is 32.2. The minimum absolute atomic E-state index is 0.179. The smallest absolute Gasteiger partial charge is 0.251 e. The molecule has 1 aliphatic rings. The zero-order chi connectivity index (χ0) is 16.9. The van der Waals surface area contributed by atoms with E-state index in [9.17, 15) is 13.2 Å². The van der Waals surface area contributed by atoms with Crippen molar-refractivity contribution in [1.82, 2.24) is 9.62 Å². The molecule has 7 heteroatoms. The lowest BCUT2D eigenvalue weighted by molar-refractivity contribution is 0.0393. The number of rotatable bonds is 6. The van der Waals surface area contributed by atoms with E-state index in [1.165, 1.54) is 16.4 Å². The fourth-order valence-corrected chi connectivity index (χ4v) is 4.06. The SMILES string of the molecule is CCCCNC(=O)c1ccc(S(=O)(=O)N2CCOCC2C)cc1. The number of hydrogen-bond acceptors (Lipinski definition) is 4. The molecule has 0 saturated carbocycles. The molecule has 128 valence electrons. The van der Waals surface area contributed by atoms with Crippen LogP contribution in [0, 0.1) is 0 Å². The van der Waals surface area contributed by atoms with E-state index in [1.807, 2.05) is 6.92 Å². The van der Waals surface area contributed by atoms with E-state index in [-0.39, 0.29) is 16.8 Å². The Hall–Kier alpha value is -1.44. The monoisotopic (exact) mass is 340 g/mol. The predicted octanol–water partition coefficient (Wildman–Crippen LogP) is 1.63. The Morgan fingerprint density at radius 1 is 1.35 bits per heavy atom. The highest BCUT2D eigenvalue weighted by molar-refractivity contribution is 7.89. The molecule has 0 bridgehead atoms. The number of amides is 1. The first kappa shape index (κ1) is 17.9. The van der Waals surface area contributed by atoms with Gasteiger partial charge < -0.3 is 10.1 Å². The van der Waals surface area contributed by atoms with Gasteiger partial charge in [-0.1, -0.05) is 13.3 Å². The molecule has 6 nitrogen and oxygen atoms in total. The molecule has 1 aliphatic heterocycles. The van der Waals surface area contributed by atoms with Crippen molar-refractivity contribution in [3.8, 4) is 0 Å². The number of carbonyl (C=O) groups is 1. The van der Waals surface area contributed by atoms with Gasteiger partial charge in [0.05, 0.1) is 18.1 Å². The molecule has 1 unspecified atom stereocenters. The minimum Gasteiger partial charge on any atom is -0.378 e. The zero-order valence-electron chi connectivity index (χ0n) is 13.6. The fraction of sp³-hybridized carbons (Fsp3) is 0.562. The summed E-state index contributed by atoms with van der Waals surface area (Å²) in [7, 11) is -3.55. The largest absolute Gasteiger partial charge is 0.378 e. The van der Waals surface area contributed by atoms with Gasteiger partial charge in [-0.15, -0.1) is 0 Å². The molecule has 1 aromatic carbocycles. The molecule has 1 saturated heterocycles. The molecule has 0 spiro atoms. The Bertz CT molecular complexity index is 628. The van der Waals surface area contributed by atoms with E-state index in [1.54, 1.807) is 12.1 Å².